The van der Waals surface area contributed by atoms with Crippen LogP contribution in [0.5, 0.6) is 5.75 Å². The first-order valence-electron chi connectivity index (χ1n) is 6.56. The summed E-state index contributed by atoms with van der Waals surface area (Å²) in [6.45, 7) is 3.53. The Kier molecular flexibility index (Phi) is 4.20. The average Bonchev–Trinajstić information content (AvgIpc) is 2.53. The first-order valence-corrected chi connectivity index (χ1v) is 6.56. The van der Waals surface area contributed by atoms with Crippen LogP contribution in [-0.4, -0.2) is 30.1 Å². The van der Waals surface area contributed by atoms with E-state index in [0.717, 1.165) is 38.0 Å². The number of phenols is 1. The smallest absolute Gasteiger partial charge is 0.244 e. The van der Waals surface area contributed by atoms with Gasteiger partial charge in [0, 0.05) is 18.3 Å². The molecule has 1 aliphatic heterocycles. The minimum Gasteiger partial charge on any atom is -0.508 e. The third-order valence-electron chi connectivity index (χ3n) is 3.28. The normalized spacial score (nSPS) is 20.8. The van der Waals surface area contributed by atoms with E-state index in [1.807, 2.05) is 13.0 Å². The predicted molar refractivity (Wildman–Crippen MR) is 71.8 cm³/mol. The van der Waals surface area contributed by atoms with Gasteiger partial charge in [0.25, 0.3) is 0 Å². The number of phenolic OH excluding ortho intramolecular Hbond substituents is 1. The highest BCUT2D eigenvalue weighted by molar-refractivity contribution is 5.97. The summed E-state index contributed by atoms with van der Waals surface area (Å²) in [5, 5.41) is 12.8. The van der Waals surface area contributed by atoms with Crippen LogP contribution in [0.2, 0.25) is 0 Å². The fourth-order valence-corrected chi connectivity index (χ4v) is 2.39. The Balaban J connectivity index is 2.22. The number of likely N-dealkylation sites (N-methyl/N-ethyl adjacent to an activating group) is 1. The molecule has 2 rings (SSSR count). The lowest BCUT2D eigenvalue weighted by Gasteiger charge is -2.24. The fraction of sp³-hybridized carbons (Fsp3) is 0.500. The average molecular weight is 248 g/mol. The number of nitrogens with one attached hydrogen (secondary N) is 1. The number of amides is 1. The molecule has 1 aromatic carbocycles. The monoisotopic (exact) mass is 248 g/mol. The SMILES string of the molecule is CCNC1CCCCN(c2cccc(O)c2)C1=O. The maximum Gasteiger partial charge on any atom is 0.244 e. The number of hydrogen-bond donors (Lipinski definition) is 2. The Bertz CT molecular complexity index is 420. The zero-order valence-electron chi connectivity index (χ0n) is 10.7. The summed E-state index contributed by atoms with van der Waals surface area (Å²) in [6.07, 6.45) is 2.95. The van der Waals surface area contributed by atoms with E-state index in [1.165, 1.54) is 0 Å². The predicted octanol–water partition coefficient (Wildman–Crippen LogP) is 1.89. The van der Waals surface area contributed by atoms with Crippen molar-refractivity contribution in [3.8, 4) is 5.75 Å². The van der Waals surface area contributed by atoms with E-state index in [2.05, 4.69) is 5.32 Å². The molecule has 1 atom stereocenters. The van der Waals surface area contributed by atoms with Crippen molar-refractivity contribution in [2.24, 2.45) is 0 Å². The molecule has 1 heterocycles. The molecule has 0 bridgehead atoms. The highest BCUT2D eigenvalue weighted by Crippen LogP contribution is 2.24. The van der Waals surface area contributed by atoms with Gasteiger partial charge in [-0.25, -0.2) is 0 Å². The molecule has 1 amide bonds. The van der Waals surface area contributed by atoms with Gasteiger partial charge in [-0.3, -0.25) is 4.79 Å². The number of aromatic hydroxyl groups is 1. The maximum absolute atomic E-state index is 12.4. The van der Waals surface area contributed by atoms with Gasteiger partial charge in [-0.2, -0.15) is 0 Å². The van der Waals surface area contributed by atoms with Gasteiger partial charge >= 0.3 is 0 Å². The van der Waals surface area contributed by atoms with E-state index >= 15 is 0 Å². The van der Waals surface area contributed by atoms with Crippen LogP contribution in [0.3, 0.4) is 0 Å². The summed E-state index contributed by atoms with van der Waals surface area (Å²) in [5.41, 5.74) is 0.782. The molecule has 1 aromatic rings. The number of benzene rings is 1. The zero-order valence-corrected chi connectivity index (χ0v) is 10.7. The molecule has 4 nitrogen and oxygen atoms in total. The van der Waals surface area contributed by atoms with Crippen LogP contribution in [0.1, 0.15) is 26.2 Å². The Labute approximate surface area is 108 Å². The van der Waals surface area contributed by atoms with Gasteiger partial charge < -0.3 is 15.3 Å². The summed E-state index contributed by atoms with van der Waals surface area (Å²) in [4.78, 5) is 14.2. The Morgan fingerprint density at radius 1 is 1.44 bits per heavy atom. The van der Waals surface area contributed by atoms with Gasteiger partial charge in [0.15, 0.2) is 0 Å². The quantitative estimate of drug-likeness (QED) is 0.859. The number of rotatable bonds is 3. The Hall–Kier alpha value is -1.55. The van der Waals surface area contributed by atoms with Crippen LogP contribution in [0.15, 0.2) is 24.3 Å². The van der Waals surface area contributed by atoms with E-state index in [1.54, 1.807) is 23.1 Å². The number of carbonyl (C=O) groups is 1. The lowest BCUT2D eigenvalue weighted by molar-refractivity contribution is -0.120. The molecular formula is C14H20N2O2. The largest absolute Gasteiger partial charge is 0.508 e. The molecule has 0 spiro atoms. The molecule has 0 aliphatic carbocycles. The number of nitrogens with zero attached hydrogens (tertiary/aromatic N) is 1. The van der Waals surface area contributed by atoms with E-state index in [-0.39, 0.29) is 17.7 Å². The molecule has 18 heavy (non-hydrogen) atoms. The van der Waals surface area contributed by atoms with Gasteiger partial charge in [-0.05, 0) is 37.9 Å². The standard InChI is InChI=1S/C14H20N2O2/c1-2-15-13-8-3-4-9-16(14(13)18)11-6-5-7-12(17)10-11/h5-7,10,13,15,17H,2-4,8-9H2,1H3. The van der Waals surface area contributed by atoms with Gasteiger partial charge in [0.2, 0.25) is 5.91 Å². The maximum atomic E-state index is 12.4. The molecule has 0 aromatic heterocycles. The van der Waals surface area contributed by atoms with Crippen LogP contribution in [0.4, 0.5) is 5.69 Å². The summed E-state index contributed by atoms with van der Waals surface area (Å²) < 4.78 is 0. The van der Waals surface area contributed by atoms with Gasteiger partial charge in [0.05, 0.1) is 6.04 Å². The van der Waals surface area contributed by atoms with Crippen molar-refractivity contribution in [1.29, 1.82) is 0 Å². The molecule has 1 fully saturated rings. The topological polar surface area (TPSA) is 52.6 Å². The first-order chi connectivity index (χ1) is 8.72. The van der Waals surface area contributed by atoms with Crippen molar-refractivity contribution in [2.45, 2.75) is 32.2 Å². The van der Waals surface area contributed by atoms with Crippen LogP contribution in [-0.2, 0) is 4.79 Å². The minimum absolute atomic E-state index is 0.0974. The molecule has 98 valence electrons. The Morgan fingerprint density at radius 3 is 3.00 bits per heavy atom. The molecule has 0 saturated carbocycles. The van der Waals surface area contributed by atoms with Gasteiger partial charge in [0.1, 0.15) is 5.75 Å². The summed E-state index contributed by atoms with van der Waals surface area (Å²) in [7, 11) is 0. The number of hydrogen-bond acceptors (Lipinski definition) is 3. The van der Waals surface area contributed by atoms with Crippen molar-refractivity contribution < 1.29 is 9.90 Å². The van der Waals surface area contributed by atoms with Gasteiger partial charge in [-0.1, -0.05) is 13.0 Å². The van der Waals surface area contributed by atoms with Crippen molar-refractivity contribution in [3.63, 3.8) is 0 Å². The second-order valence-corrected chi connectivity index (χ2v) is 4.62. The van der Waals surface area contributed by atoms with Crippen LogP contribution < -0.4 is 10.2 Å². The Morgan fingerprint density at radius 2 is 2.28 bits per heavy atom. The third-order valence-corrected chi connectivity index (χ3v) is 3.28. The second kappa shape index (κ2) is 5.87. The van der Waals surface area contributed by atoms with Crippen LogP contribution in [0, 0.1) is 0 Å². The minimum atomic E-state index is -0.0974. The third kappa shape index (κ3) is 2.82. The number of anilines is 1. The molecule has 1 unspecified atom stereocenters. The molecule has 2 N–H and O–H groups in total. The zero-order chi connectivity index (χ0) is 13.0. The van der Waals surface area contributed by atoms with E-state index in [9.17, 15) is 9.90 Å². The van der Waals surface area contributed by atoms with Crippen molar-refractivity contribution >= 4 is 11.6 Å². The lowest BCUT2D eigenvalue weighted by atomic mass is 10.1. The molecular weight excluding hydrogens is 228 g/mol. The molecule has 4 heteroatoms. The summed E-state index contributed by atoms with van der Waals surface area (Å²) in [6, 6.07) is 6.80. The van der Waals surface area contributed by atoms with Gasteiger partial charge in [-0.15, -0.1) is 0 Å². The number of carbonyl (C=O) groups excluding carboxylic acids is 1. The van der Waals surface area contributed by atoms with E-state index in [4.69, 9.17) is 0 Å². The van der Waals surface area contributed by atoms with E-state index < -0.39 is 0 Å². The summed E-state index contributed by atoms with van der Waals surface area (Å²) in [5.74, 6) is 0.310. The molecule has 1 aliphatic rings. The second-order valence-electron chi connectivity index (χ2n) is 4.62. The lowest BCUT2D eigenvalue weighted by Crippen LogP contribution is -2.45. The highest BCUT2D eigenvalue weighted by atomic mass is 16.3. The highest BCUT2D eigenvalue weighted by Gasteiger charge is 2.27. The summed E-state index contributed by atoms with van der Waals surface area (Å²) >= 11 is 0. The van der Waals surface area contributed by atoms with E-state index in [0.29, 0.717) is 0 Å². The van der Waals surface area contributed by atoms with Crippen LogP contribution >= 0.6 is 0 Å². The first kappa shape index (κ1) is 12.9. The molecule has 0 radical (unpaired) electrons. The molecule has 1 saturated heterocycles. The van der Waals surface area contributed by atoms with Crippen molar-refractivity contribution in [3.05, 3.63) is 24.3 Å². The van der Waals surface area contributed by atoms with Crippen LogP contribution in [0.25, 0.3) is 0 Å². The van der Waals surface area contributed by atoms with Crippen molar-refractivity contribution in [2.75, 3.05) is 18.0 Å². The fourth-order valence-electron chi connectivity index (χ4n) is 2.39. The van der Waals surface area contributed by atoms with Crippen molar-refractivity contribution in [1.82, 2.24) is 5.32 Å².